The molecule has 1 amide bonds. The minimum absolute atomic E-state index is 0.167. The number of nitrogens with one attached hydrogen (secondary N) is 1. The molecule has 0 bridgehead atoms. The zero-order chi connectivity index (χ0) is 11.3. The highest BCUT2D eigenvalue weighted by Gasteiger charge is 2.10. The van der Waals surface area contributed by atoms with Gasteiger partial charge in [-0.25, -0.2) is 9.97 Å². The molecule has 0 spiro atoms. The van der Waals surface area contributed by atoms with E-state index in [1.54, 1.807) is 19.2 Å². The monoisotopic (exact) mass is 223 g/mol. The average Bonchev–Trinajstić information content (AvgIpc) is 2.25. The highest BCUT2D eigenvalue weighted by atomic mass is 32.2. The Kier molecular flexibility index (Phi) is 4.30. The molecule has 1 N–H and O–H groups in total. The topological polar surface area (TPSA) is 54.9 Å². The van der Waals surface area contributed by atoms with Crippen LogP contribution >= 0.6 is 11.8 Å². The van der Waals surface area contributed by atoms with Crippen LogP contribution in [0.1, 0.15) is 16.1 Å². The second kappa shape index (κ2) is 5.50. The van der Waals surface area contributed by atoms with Gasteiger partial charge < -0.3 is 5.32 Å². The first-order chi connectivity index (χ1) is 7.19. The van der Waals surface area contributed by atoms with Gasteiger partial charge in [0.05, 0.1) is 11.3 Å². The molecule has 80 valence electrons. The fraction of sp³-hybridized carbons (Fsp3) is 0.300. The molecule has 0 aliphatic carbocycles. The molecule has 0 unspecified atom stereocenters. The lowest BCUT2D eigenvalue weighted by atomic mass is 10.2. The Morgan fingerprint density at radius 3 is 3.00 bits per heavy atom. The zero-order valence-corrected chi connectivity index (χ0v) is 9.60. The van der Waals surface area contributed by atoms with Crippen LogP contribution < -0.4 is 5.32 Å². The molecule has 15 heavy (non-hydrogen) atoms. The van der Waals surface area contributed by atoms with E-state index >= 15 is 0 Å². The highest BCUT2D eigenvalue weighted by Crippen LogP contribution is 2.10. The number of hydrogen-bond acceptors (Lipinski definition) is 4. The van der Waals surface area contributed by atoms with E-state index in [-0.39, 0.29) is 5.91 Å². The summed E-state index contributed by atoms with van der Waals surface area (Å²) in [4.78, 5) is 19.8. The summed E-state index contributed by atoms with van der Waals surface area (Å²) < 4.78 is 0. The fourth-order valence-corrected chi connectivity index (χ4v) is 1.41. The minimum Gasteiger partial charge on any atom is -0.348 e. The Bertz CT molecular complexity index is 379. The average molecular weight is 223 g/mol. The van der Waals surface area contributed by atoms with E-state index in [9.17, 15) is 4.79 Å². The van der Waals surface area contributed by atoms with Crippen LogP contribution in [0.15, 0.2) is 24.0 Å². The van der Waals surface area contributed by atoms with E-state index < -0.39 is 0 Å². The number of hydrogen-bond donors (Lipinski definition) is 1. The van der Waals surface area contributed by atoms with Gasteiger partial charge in [-0.15, -0.1) is 6.58 Å². The number of carbonyl (C=O) groups is 1. The third-order valence-corrected chi connectivity index (χ3v) is 2.35. The number of thioether (sulfide) groups is 1. The maximum absolute atomic E-state index is 11.6. The molecule has 0 fully saturated rings. The molecule has 1 heterocycles. The lowest BCUT2D eigenvalue weighted by Crippen LogP contribution is -2.24. The van der Waals surface area contributed by atoms with Crippen molar-refractivity contribution in [2.45, 2.75) is 12.1 Å². The summed E-state index contributed by atoms with van der Waals surface area (Å²) >= 11 is 1.45. The lowest BCUT2D eigenvalue weighted by Gasteiger charge is -2.05. The van der Waals surface area contributed by atoms with Crippen molar-refractivity contribution in [2.24, 2.45) is 0 Å². The minimum atomic E-state index is -0.167. The third kappa shape index (κ3) is 3.06. The van der Waals surface area contributed by atoms with Crippen LogP contribution in [-0.2, 0) is 0 Å². The van der Waals surface area contributed by atoms with E-state index in [1.165, 1.54) is 11.8 Å². The summed E-state index contributed by atoms with van der Waals surface area (Å²) in [5, 5.41) is 3.36. The van der Waals surface area contributed by atoms with Gasteiger partial charge in [-0.2, -0.15) is 0 Å². The van der Waals surface area contributed by atoms with Crippen molar-refractivity contribution in [2.75, 3.05) is 12.8 Å². The van der Waals surface area contributed by atoms with Crippen LogP contribution in [0, 0.1) is 6.92 Å². The zero-order valence-electron chi connectivity index (χ0n) is 8.78. The molecule has 0 atom stereocenters. The summed E-state index contributed by atoms with van der Waals surface area (Å²) in [6.45, 7) is 5.77. The maximum atomic E-state index is 11.6. The number of amides is 1. The Balaban J connectivity index is 2.85. The summed E-state index contributed by atoms with van der Waals surface area (Å²) in [5.41, 5.74) is 1.20. The SMILES string of the molecule is C=CCNC(=O)c1cnc(SC)nc1C. The standard InChI is InChI=1S/C10H13N3OS/c1-4-5-11-9(14)8-6-12-10(15-3)13-7(8)2/h4,6H,1,5H2,2-3H3,(H,11,14). The summed E-state index contributed by atoms with van der Waals surface area (Å²) in [6.07, 6.45) is 5.07. The largest absolute Gasteiger partial charge is 0.348 e. The lowest BCUT2D eigenvalue weighted by molar-refractivity contribution is 0.0956. The Labute approximate surface area is 93.2 Å². The first-order valence-corrected chi connectivity index (χ1v) is 5.68. The molecule has 5 heteroatoms. The van der Waals surface area contributed by atoms with Crippen LogP contribution in [0.3, 0.4) is 0 Å². The van der Waals surface area contributed by atoms with Gasteiger partial charge in [0, 0.05) is 12.7 Å². The van der Waals surface area contributed by atoms with Crippen LogP contribution in [0.25, 0.3) is 0 Å². The second-order valence-electron chi connectivity index (χ2n) is 2.85. The molecule has 1 rings (SSSR count). The van der Waals surface area contributed by atoms with Gasteiger partial charge in [0.25, 0.3) is 5.91 Å². The molecule has 1 aromatic rings. The van der Waals surface area contributed by atoms with Crippen LogP contribution in [0.2, 0.25) is 0 Å². The Hall–Kier alpha value is -1.36. The van der Waals surface area contributed by atoms with Crippen LogP contribution in [0.4, 0.5) is 0 Å². The molecule has 0 saturated carbocycles. The molecular weight excluding hydrogens is 210 g/mol. The van der Waals surface area contributed by atoms with E-state index in [0.29, 0.717) is 23.0 Å². The second-order valence-corrected chi connectivity index (χ2v) is 3.63. The molecule has 1 aromatic heterocycles. The number of carbonyl (C=O) groups excluding carboxylic acids is 1. The van der Waals surface area contributed by atoms with Gasteiger partial charge in [-0.3, -0.25) is 4.79 Å². The van der Waals surface area contributed by atoms with E-state index in [4.69, 9.17) is 0 Å². The molecule has 4 nitrogen and oxygen atoms in total. The van der Waals surface area contributed by atoms with Crippen LogP contribution in [-0.4, -0.2) is 28.7 Å². The Morgan fingerprint density at radius 1 is 1.73 bits per heavy atom. The van der Waals surface area contributed by atoms with Crippen molar-refractivity contribution < 1.29 is 4.79 Å². The number of nitrogens with zero attached hydrogens (tertiary/aromatic N) is 2. The first-order valence-electron chi connectivity index (χ1n) is 4.45. The third-order valence-electron chi connectivity index (χ3n) is 1.79. The number of aromatic nitrogens is 2. The maximum Gasteiger partial charge on any atom is 0.254 e. The van der Waals surface area contributed by atoms with Gasteiger partial charge in [0.1, 0.15) is 0 Å². The predicted octanol–water partition coefficient (Wildman–Crippen LogP) is 1.42. The van der Waals surface area contributed by atoms with Gasteiger partial charge in [0.2, 0.25) is 0 Å². The van der Waals surface area contributed by atoms with E-state index in [1.807, 2.05) is 6.26 Å². The molecule has 0 aliphatic rings. The van der Waals surface area contributed by atoms with E-state index in [0.717, 1.165) is 0 Å². The van der Waals surface area contributed by atoms with Crippen molar-refractivity contribution in [3.05, 3.63) is 30.1 Å². The van der Waals surface area contributed by atoms with Crippen LogP contribution in [0.5, 0.6) is 0 Å². The van der Waals surface area contributed by atoms with Gasteiger partial charge >= 0.3 is 0 Å². The van der Waals surface area contributed by atoms with Gasteiger partial charge in [-0.05, 0) is 13.2 Å². The predicted molar refractivity (Wildman–Crippen MR) is 61.1 cm³/mol. The highest BCUT2D eigenvalue weighted by molar-refractivity contribution is 7.98. The van der Waals surface area contributed by atoms with Crippen molar-refractivity contribution >= 4 is 17.7 Å². The van der Waals surface area contributed by atoms with Crippen molar-refractivity contribution in [1.82, 2.24) is 15.3 Å². The fourth-order valence-electron chi connectivity index (χ4n) is 1.03. The number of rotatable bonds is 4. The normalized spacial score (nSPS) is 9.73. The van der Waals surface area contributed by atoms with E-state index in [2.05, 4.69) is 21.9 Å². The molecule has 0 radical (unpaired) electrons. The van der Waals surface area contributed by atoms with Crippen molar-refractivity contribution in [1.29, 1.82) is 0 Å². The quantitative estimate of drug-likeness (QED) is 0.476. The summed E-state index contributed by atoms with van der Waals surface area (Å²) in [6, 6.07) is 0. The molecule has 0 saturated heterocycles. The molecule has 0 aromatic carbocycles. The van der Waals surface area contributed by atoms with Gasteiger partial charge in [-0.1, -0.05) is 17.8 Å². The summed E-state index contributed by atoms with van der Waals surface area (Å²) in [7, 11) is 0. The smallest absolute Gasteiger partial charge is 0.254 e. The molecular formula is C10H13N3OS. The van der Waals surface area contributed by atoms with Crippen molar-refractivity contribution in [3.8, 4) is 0 Å². The molecule has 0 aliphatic heterocycles. The number of aryl methyl sites for hydroxylation is 1. The van der Waals surface area contributed by atoms with Crippen molar-refractivity contribution in [3.63, 3.8) is 0 Å². The Morgan fingerprint density at radius 2 is 2.47 bits per heavy atom. The summed E-state index contributed by atoms with van der Waals surface area (Å²) in [5.74, 6) is -0.167. The van der Waals surface area contributed by atoms with Gasteiger partial charge in [0.15, 0.2) is 5.16 Å². The first kappa shape index (κ1) is 11.7.